The summed E-state index contributed by atoms with van der Waals surface area (Å²) in [4.78, 5) is 33.6. The Morgan fingerprint density at radius 1 is 1.42 bits per heavy atom. The second-order valence-corrected chi connectivity index (χ2v) is 8.11. The third-order valence-electron chi connectivity index (χ3n) is 5.78. The first kappa shape index (κ1) is 21.1. The van der Waals surface area contributed by atoms with Gasteiger partial charge in [0.15, 0.2) is 0 Å². The van der Waals surface area contributed by atoms with Crippen molar-refractivity contribution in [3.8, 4) is 0 Å². The molecule has 0 spiro atoms. The maximum atomic E-state index is 14.9. The molecule has 1 aromatic heterocycles. The molecule has 1 aromatic carbocycles. The summed E-state index contributed by atoms with van der Waals surface area (Å²) in [6.07, 6.45) is 3.77. The van der Waals surface area contributed by atoms with Crippen LogP contribution in [0.4, 0.5) is 20.6 Å². The van der Waals surface area contributed by atoms with Crippen molar-refractivity contribution < 1.29 is 23.8 Å². The van der Waals surface area contributed by atoms with E-state index < -0.39 is 23.6 Å². The van der Waals surface area contributed by atoms with Crippen molar-refractivity contribution in [3.05, 3.63) is 42.2 Å². The average molecular weight is 431 g/mol. The van der Waals surface area contributed by atoms with Crippen LogP contribution < -0.4 is 15.1 Å². The molecule has 3 heterocycles. The van der Waals surface area contributed by atoms with Crippen molar-refractivity contribution in [2.75, 3.05) is 36.0 Å². The molecule has 2 saturated heterocycles. The number of carbonyl (C=O) groups is 2. The van der Waals surface area contributed by atoms with Crippen molar-refractivity contribution in [2.45, 2.75) is 37.9 Å². The van der Waals surface area contributed by atoms with Crippen molar-refractivity contribution in [3.63, 3.8) is 0 Å². The molecule has 9 nitrogen and oxygen atoms in total. The fourth-order valence-corrected chi connectivity index (χ4v) is 4.06. The summed E-state index contributed by atoms with van der Waals surface area (Å²) in [7, 11) is 0. The van der Waals surface area contributed by atoms with E-state index in [1.54, 1.807) is 24.5 Å². The number of imidazole rings is 1. The zero-order chi connectivity index (χ0) is 22.0. The molecule has 0 saturated carbocycles. The minimum Gasteiger partial charge on any atom is -0.442 e. The number of aromatic nitrogens is 2. The average Bonchev–Trinajstić information content (AvgIpc) is 3.36. The molecule has 0 radical (unpaired) electrons. The van der Waals surface area contributed by atoms with Gasteiger partial charge in [0.2, 0.25) is 5.91 Å². The van der Waals surface area contributed by atoms with Crippen LogP contribution in [-0.4, -0.2) is 65.0 Å². The van der Waals surface area contributed by atoms with Crippen molar-refractivity contribution in [1.82, 2.24) is 15.3 Å². The summed E-state index contributed by atoms with van der Waals surface area (Å²) in [5, 5.41) is 13.4. The molecule has 4 rings (SSSR count). The van der Waals surface area contributed by atoms with E-state index in [0.29, 0.717) is 43.7 Å². The van der Waals surface area contributed by atoms with Crippen LogP contribution in [0.25, 0.3) is 0 Å². The third kappa shape index (κ3) is 4.79. The van der Waals surface area contributed by atoms with E-state index >= 15 is 0 Å². The Labute approximate surface area is 179 Å². The Bertz CT molecular complexity index is 943. The Morgan fingerprint density at radius 3 is 2.84 bits per heavy atom. The van der Waals surface area contributed by atoms with Crippen molar-refractivity contribution >= 4 is 23.4 Å². The largest absolute Gasteiger partial charge is 0.442 e. The highest BCUT2D eigenvalue weighted by atomic mass is 19.1. The molecule has 166 valence electrons. The van der Waals surface area contributed by atoms with Crippen LogP contribution in [0.5, 0.6) is 0 Å². The van der Waals surface area contributed by atoms with E-state index in [1.165, 1.54) is 17.9 Å². The minimum atomic E-state index is -0.868. The highest BCUT2D eigenvalue weighted by molar-refractivity contribution is 5.90. The van der Waals surface area contributed by atoms with E-state index in [0.717, 1.165) is 5.82 Å². The summed E-state index contributed by atoms with van der Waals surface area (Å²) in [5.41, 5.74) is -0.0263. The Morgan fingerprint density at radius 2 is 2.19 bits per heavy atom. The van der Waals surface area contributed by atoms with Crippen molar-refractivity contribution in [1.29, 1.82) is 0 Å². The number of halogens is 1. The smallest absolute Gasteiger partial charge is 0.414 e. The highest BCUT2D eigenvalue weighted by Crippen LogP contribution is 2.32. The summed E-state index contributed by atoms with van der Waals surface area (Å²) >= 11 is 0. The van der Waals surface area contributed by atoms with Gasteiger partial charge in [-0.05, 0) is 31.0 Å². The number of cyclic esters (lactones) is 1. The van der Waals surface area contributed by atoms with Gasteiger partial charge in [0.1, 0.15) is 17.7 Å². The molecule has 2 amide bonds. The van der Waals surface area contributed by atoms with Gasteiger partial charge in [-0.3, -0.25) is 9.69 Å². The predicted octanol–water partition coefficient (Wildman–Crippen LogP) is 1.58. The van der Waals surface area contributed by atoms with E-state index in [1.807, 2.05) is 4.90 Å². The number of anilines is 2. The second kappa shape index (κ2) is 8.54. The first-order valence-electron chi connectivity index (χ1n) is 10.3. The lowest BCUT2D eigenvalue weighted by Gasteiger charge is -2.39. The van der Waals surface area contributed by atoms with E-state index in [9.17, 15) is 19.1 Å². The zero-order valence-corrected chi connectivity index (χ0v) is 17.3. The number of benzene rings is 1. The molecule has 0 aliphatic carbocycles. The number of ether oxygens (including phenoxy) is 1. The molecule has 10 heteroatoms. The van der Waals surface area contributed by atoms with Crippen LogP contribution in [0.1, 0.15) is 25.6 Å². The Balaban J connectivity index is 1.38. The number of hydrogen-bond acceptors (Lipinski definition) is 6. The van der Waals surface area contributed by atoms with E-state index in [4.69, 9.17) is 4.74 Å². The monoisotopic (exact) mass is 431 g/mol. The molecule has 2 fully saturated rings. The first-order chi connectivity index (χ1) is 14.8. The van der Waals surface area contributed by atoms with E-state index in [2.05, 4.69) is 15.3 Å². The number of amides is 2. The molecule has 2 aromatic rings. The van der Waals surface area contributed by atoms with Gasteiger partial charge in [-0.2, -0.15) is 0 Å². The lowest BCUT2D eigenvalue weighted by Crippen LogP contribution is -2.46. The number of aliphatic hydroxyl groups is 1. The minimum absolute atomic E-state index is 0.206. The van der Waals surface area contributed by atoms with Crippen LogP contribution in [0.3, 0.4) is 0 Å². The van der Waals surface area contributed by atoms with Gasteiger partial charge in [-0.25, -0.2) is 14.2 Å². The highest BCUT2D eigenvalue weighted by Gasteiger charge is 2.35. The number of hydrogen-bond donors (Lipinski definition) is 3. The third-order valence-corrected chi connectivity index (χ3v) is 5.78. The Kier molecular flexibility index (Phi) is 5.81. The second-order valence-electron chi connectivity index (χ2n) is 8.11. The molecule has 31 heavy (non-hydrogen) atoms. The Hall–Kier alpha value is -3.14. The van der Waals surface area contributed by atoms with Gasteiger partial charge in [0.25, 0.3) is 0 Å². The maximum absolute atomic E-state index is 14.9. The molecule has 1 unspecified atom stereocenters. The quantitative estimate of drug-likeness (QED) is 0.641. The number of nitrogens with zero attached hydrogens (tertiary/aromatic N) is 3. The number of piperidine rings is 1. The number of nitrogens with one attached hydrogen (secondary N) is 2. The molecular weight excluding hydrogens is 405 g/mol. The molecule has 1 atom stereocenters. The number of aromatic amines is 1. The number of carbonyl (C=O) groups excluding carboxylic acids is 2. The van der Waals surface area contributed by atoms with Gasteiger partial charge in [-0.1, -0.05) is 0 Å². The van der Waals surface area contributed by atoms with Gasteiger partial charge < -0.3 is 25.0 Å². The summed E-state index contributed by atoms with van der Waals surface area (Å²) < 4.78 is 20.1. The number of rotatable bonds is 6. The van der Waals surface area contributed by atoms with Gasteiger partial charge >= 0.3 is 6.09 Å². The molecule has 3 N–H and O–H groups in total. The predicted molar refractivity (Wildman–Crippen MR) is 111 cm³/mol. The van der Waals surface area contributed by atoms with Crippen LogP contribution >= 0.6 is 0 Å². The standard InChI is InChI=1S/C21H26FN5O4/c1-14(28)25-12-16-13-27(20(29)31-16)15-2-3-18(17(22)10-15)26-8-4-21(30,5-9-26)11-19-23-6-7-24-19/h2-3,6-7,10,16,30H,4-5,8-9,11-13H2,1H3,(H,23,24)(H,25,28). The van der Waals surface area contributed by atoms with Gasteiger partial charge in [-0.15, -0.1) is 0 Å². The fraction of sp³-hybridized carbons (Fsp3) is 0.476. The van der Waals surface area contributed by atoms with Crippen molar-refractivity contribution in [2.24, 2.45) is 0 Å². The SMILES string of the molecule is CC(=O)NCC1CN(c2ccc(N3CCC(O)(Cc4ncc[nH]4)CC3)c(F)c2)C(=O)O1. The van der Waals surface area contributed by atoms with Crippen LogP contribution in [0.2, 0.25) is 0 Å². The van der Waals surface area contributed by atoms with Crippen LogP contribution in [0.15, 0.2) is 30.6 Å². The lowest BCUT2D eigenvalue weighted by atomic mass is 9.87. The normalized spacial score (nSPS) is 20.6. The van der Waals surface area contributed by atoms with Gasteiger partial charge in [0, 0.05) is 38.8 Å². The fourth-order valence-electron chi connectivity index (χ4n) is 4.06. The van der Waals surface area contributed by atoms with Gasteiger partial charge in [0.05, 0.1) is 30.1 Å². The van der Waals surface area contributed by atoms with Crippen LogP contribution in [0, 0.1) is 5.82 Å². The zero-order valence-electron chi connectivity index (χ0n) is 17.3. The summed E-state index contributed by atoms with van der Waals surface area (Å²) in [6.45, 7) is 2.87. The topological polar surface area (TPSA) is 111 Å². The van der Waals surface area contributed by atoms with Crippen LogP contribution in [-0.2, 0) is 16.0 Å². The first-order valence-corrected chi connectivity index (χ1v) is 10.3. The summed E-state index contributed by atoms with van der Waals surface area (Å²) in [5.74, 6) is 0.0929. The molecule has 2 aliphatic rings. The lowest BCUT2D eigenvalue weighted by molar-refractivity contribution is -0.119. The number of H-pyrrole nitrogens is 1. The molecule has 0 bridgehead atoms. The van der Waals surface area contributed by atoms with E-state index in [-0.39, 0.29) is 19.0 Å². The molecule has 2 aliphatic heterocycles. The maximum Gasteiger partial charge on any atom is 0.414 e. The molecular formula is C21H26FN5O4. The summed E-state index contributed by atoms with van der Waals surface area (Å²) in [6, 6.07) is 4.65.